The normalized spacial score (nSPS) is 11.0. The molecule has 0 saturated carbocycles. The van der Waals surface area contributed by atoms with E-state index in [2.05, 4.69) is 5.32 Å². The third kappa shape index (κ3) is 5.09. The number of hydrogen-bond acceptors (Lipinski definition) is 3. The lowest BCUT2D eigenvalue weighted by Gasteiger charge is -2.30. The van der Waals surface area contributed by atoms with Crippen LogP contribution in [-0.4, -0.2) is 32.0 Å². The van der Waals surface area contributed by atoms with Crippen LogP contribution in [0.5, 0.6) is 5.75 Å². The second-order valence-electron chi connectivity index (χ2n) is 6.86. The molecule has 0 aliphatic rings. The number of nitrogens with zero attached hydrogens (tertiary/aromatic N) is 1. The minimum Gasteiger partial charge on any atom is -0.497 e. The predicted molar refractivity (Wildman–Crippen MR) is 108 cm³/mol. The lowest BCUT2D eigenvalue weighted by atomic mass is 9.90. The molecule has 2 aromatic carbocycles. The van der Waals surface area contributed by atoms with Gasteiger partial charge in [-0.25, -0.2) is 0 Å². The van der Waals surface area contributed by atoms with Crippen molar-refractivity contribution in [2.75, 3.05) is 25.1 Å². The molecule has 0 spiro atoms. The SMILES string of the molecule is CCN(C(=O)C(C)(C)C(=O)NCCc1ccc(OC)cc1)c1ccccc1. The van der Waals surface area contributed by atoms with Crippen LogP contribution in [0.1, 0.15) is 26.3 Å². The van der Waals surface area contributed by atoms with Crippen LogP contribution in [0.15, 0.2) is 54.6 Å². The molecule has 0 atom stereocenters. The minimum atomic E-state index is -1.15. The van der Waals surface area contributed by atoms with Gasteiger partial charge in [0, 0.05) is 18.8 Å². The van der Waals surface area contributed by atoms with Gasteiger partial charge in [0.2, 0.25) is 11.8 Å². The maximum atomic E-state index is 13.0. The smallest absolute Gasteiger partial charge is 0.242 e. The standard InChI is InChI=1S/C22H28N2O3/c1-5-24(18-9-7-6-8-10-18)21(26)22(2,3)20(25)23-16-15-17-11-13-19(27-4)14-12-17/h6-14H,5,15-16H2,1-4H3,(H,23,25). The third-order valence-corrected chi connectivity index (χ3v) is 4.59. The Morgan fingerprint density at radius 3 is 2.22 bits per heavy atom. The summed E-state index contributed by atoms with van der Waals surface area (Å²) in [6.07, 6.45) is 0.691. The zero-order valence-electron chi connectivity index (χ0n) is 16.5. The molecule has 1 N–H and O–H groups in total. The lowest BCUT2D eigenvalue weighted by molar-refractivity contribution is -0.139. The molecule has 2 aromatic rings. The van der Waals surface area contributed by atoms with Crippen LogP contribution in [0, 0.1) is 5.41 Å². The number of para-hydroxylation sites is 1. The van der Waals surface area contributed by atoms with Gasteiger partial charge in [-0.15, -0.1) is 0 Å². The first-order valence-corrected chi connectivity index (χ1v) is 9.18. The molecule has 0 unspecified atom stereocenters. The van der Waals surface area contributed by atoms with Crippen molar-refractivity contribution in [3.05, 3.63) is 60.2 Å². The predicted octanol–water partition coefficient (Wildman–Crippen LogP) is 3.43. The van der Waals surface area contributed by atoms with Gasteiger partial charge >= 0.3 is 0 Å². The number of amides is 2. The molecule has 0 aliphatic heterocycles. The van der Waals surface area contributed by atoms with Crippen molar-refractivity contribution in [2.24, 2.45) is 5.41 Å². The van der Waals surface area contributed by atoms with Crippen molar-refractivity contribution in [3.8, 4) is 5.75 Å². The number of rotatable bonds is 8. The van der Waals surface area contributed by atoms with E-state index in [0.717, 1.165) is 17.0 Å². The Morgan fingerprint density at radius 2 is 1.67 bits per heavy atom. The van der Waals surface area contributed by atoms with E-state index in [9.17, 15) is 9.59 Å². The lowest BCUT2D eigenvalue weighted by Crippen LogP contribution is -2.50. The number of nitrogens with one attached hydrogen (secondary N) is 1. The van der Waals surface area contributed by atoms with E-state index in [1.807, 2.05) is 61.5 Å². The average molecular weight is 368 g/mol. The molecule has 144 valence electrons. The van der Waals surface area contributed by atoms with Crippen LogP contribution in [0.2, 0.25) is 0 Å². The summed E-state index contributed by atoms with van der Waals surface area (Å²) in [7, 11) is 1.63. The summed E-state index contributed by atoms with van der Waals surface area (Å²) >= 11 is 0. The molecule has 0 bridgehead atoms. The first-order chi connectivity index (χ1) is 12.9. The molecule has 0 fully saturated rings. The van der Waals surface area contributed by atoms with Gasteiger partial charge in [0.1, 0.15) is 11.2 Å². The van der Waals surface area contributed by atoms with E-state index < -0.39 is 5.41 Å². The van der Waals surface area contributed by atoms with E-state index in [1.165, 1.54) is 0 Å². The fourth-order valence-corrected chi connectivity index (χ4v) is 2.82. The van der Waals surface area contributed by atoms with Gasteiger partial charge < -0.3 is 15.0 Å². The van der Waals surface area contributed by atoms with Gasteiger partial charge in [-0.05, 0) is 57.0 Å². The monoisotopic (exact) mass is 368 g/mol. The van der Waals surface area contributed by atoms with Crippen LogP contribution in [0.4, 0.5) is 5.69 Å². The van der Waals surface area contributed by atoms with E-state index in [-0.39, 0.29) is 11.8 Å². The molecule has 0 heterocycles. The Kier molecular flexibility index (Phi) is 6.99. The Labute approximate surface area is 161 Å². The first kappa shape index (κ1) is 20.5. The summed E-state index contributed by atoms with van der Waals surface area (Å²) in [5, 5.41) is 2.89. The van der Waals surface area contributed by atoms with E-state index >= 15 is 0 Å². The summed E-state index contributed by atoms with van der Waals surface area (Å²) in [6, 6.07) is 17.1. The van der Waals surface area contributed by atoms with E-state index in [1.54, 1.807) is 25.9 Å². The second kappa shape index (κ2) is 9.21. The van der Waals surface area contributed by atoms with Crippen molar-refractivity contribution in [3.63, 3.8) is 0 Å². The maximum Gasteiger partial charge on any atom is 0.242 e. The van der Waals surface area contributed by atoms with Gasteiger partial charge in [-0.1, -0.05) is 30.3 Å². The fourth-order valence-electron chi connectivity index (χ4n) is 2.82. The largest absolute Gasteiger partial charge is 0.497 e. The second-order valence-corrected chi connectivity index (χ2v) is 6.86. The highest BCUT2D eigenvalue weighted by atomic mass is 16.5. The molecule has 0 saturated heterocycles. The highest BCUT2D eigenvalue weighted by molar-refractivity contribution is 6.11. The molecule has 5 nitrogen and oxygen atoms in total. The Hall–Kier alpha value is -2.82. The Bertz CT molecular complexity index is 755. The summed E-state index contributed by atoms with van der Waals surface area (Å²) in [4.78, 5) is 27.3. The van der Waals surface area contributed by atoms with Crippen LogP contribution in [-0.2, 0) is 16.0 Å². The van der Waals surface area contributed by atoms with Crippen LogP contribution in [0.25, 0.3) is 0 Å². The van der Waals surface area contributed by atoms with Crippen LogP contribution < -0.4 is 15.0 Å². The highest BCUT2D eigenvalue weighted by Gasteiger charge is 2.39. The van der Waals surface area contributed by atoms with Crippen LogP contribution >= 0.6 is 0 Å². The summed E-state index contributed by atoms with van der Waals surface area (Å²) in [6.45, 7) is 6.22. The van der Waals surface area contributed by atoms with E-state index in [0.29, 0.717) is 19.5 Å². The highest BCUT2D eigenvalue weighted by Crippen LogP contribution is 2.24. The molecule has 27 heavy (non-hydrogen) atoms. The van der Waals surface area contributed by atoms with Crippen molar-refractivity contribution < 1.29 is 14.3 Å². The minimum absolute atomic E-state index is 0.210. The summed E-state index contributed by atoms with van der Waals surface area (Å²) < 4.78 is 5.14. The number of carbonyl (C=O) groups excluding carboxylic acids is 2. The number of anilines is 1. The number of methoxy groups -OCH3 is 1. The van der Waals surface area contributed by atoms with Crippen molar-refractivity contribution in [1.82, 2.24) is 5.32 Å². The quantitative estimate of drug-likeness (QED) is 0.726. The molecule has 0 aromatic heterocycles. The van der Waals surface area contributed by atoms with Gasteiger partial charge in [0.25, 0.3) is 0 Å². The van der Waals surface area contributed by atoms with Crippen molar-refractivity contribution in [1.29, 1.82) is 0 Å². The number of carbonyl (C=O) groups is 2. The molecule has 0 radical (unpaired) electrons. The molecule has 5 heteroatoms. The fraction of sp³-hybridized carbons (Fsp3) is 0.364. The number of ether oxygens (including phenoxy) is 1. The number of hydrogen-bond donors (Lipinski definition) is 1. The van der Waals surface area contributed by atoms with E-state index in [4.69, 9.17) is 4.74 Å². The molecular weight excluding hydrogens is 340 g/mol. The molecule has 2 amide bonds. The third-order valence-electron chi connectivity index (χ3n) is 4.59. The molecule has 2 rings (SSSR count). The summed E-state index contributed by atoms with van der Waals surface area (Å²) in [5.74, 6) is 0.323. The first-order valence-electron chi connectivity index (χ1n) is 9.18. The maximum absolute atomic E-state index is 13.0. The average Bonchev–Trinajstić information content (AvgIpc) is 2.69. The van der Waals surface area contributed by atoms with Crippen LogP contribution in [0.3, 0.4) is 0 Å². The molecule has 0 aliphatic carbocycles. The molecular formula is C22H28N2O3. The van der Waals surface area contributed by atoms with Gasteiger partial charge in [-0.2, -0.15) is 0 Å². The van der Waals surface area contributed by atoms with Gasteiger partial charge in [-0.3, -0.25) is 9.59 Å². The van der Waals surface area contributed by atoms with Crippen molar-refractivity contribution >= 4 is 17.5 Å². The zero-order chi connectivity index (χ0) is 19.9. The Balaban J connectivity index is 1.97. The zero-order valence-corrected chi connectivity index (χ0v) is 16.5. The topological polar surface area (TPSA) is 58.6 Å². The number of benzene rings is 2. The van der Waals surface area contributed by atoms with Crippen molar-refractivity contribution in [2.45, 2.75) is 27.2 Å². The van der Waals surface area contributed by atoms with Gasteiger partial charge in [0.15, 0.2) is 0 Å². The summed E-state index contributed by atoms with van der Waals surface area (Å²) in [5.41, 5.74) is 0.745. The van der Waals surface area contributed by atoms with Gasteiger partial charge in [0.05, 0.1) is 7.11 Å². The Morgan fingerprint density at radius 1 is 1.04 bits per heavy atom.